The fourth-order valence-corrected chi connectivity index (χ4v) is 14.9. The first-order chi connectivity index (χ1) is 43.7. The Hall–Kier alpha value is -8.74. The molecule has 90 heavy (non-hydrogen) atoms. The van der Waals surface area contributed by atoms with Crippen molar-refractivity contribution in [2.24, 2.45) is 11.8 Å². The van der Waals surface area contributed by atoms with E-state index in [1.54, 1.807) is 74.1 Å². The maximum Gasteiger partial charge on any atom is 0.251 e. The van der Waals surface area contributed by atoms with Crippen molar-refractivity contribution in [1.82, 2.24) is 52.3 Å². The molecule has 2 saturated heterocycles. The fourth-order valence-electron chi connectivity index (χ4n) is 14.9. The van der Waals surface area contributed by atoms with Gasteiger partial charge in [-0.1, -0.05) is 148 Å². The van der Waals surface area contributed by atoms with Crippen LogP contribution in [0.15, 0.2) is 133 Å². The van der Waals surface area contributed by atoms with Crippen LogP contribution >= 0.6 is 0 Å². The second-order valence-corrected chi connectivity index (χ2v) is 25.6. The topological polar surface area (TPSA) is 239 Å². The lowest BCUT2D eigenvalue weighted by Gasteiger charge is -2.35. The molecule has 18 heteroatoms. The Morgan fingerprint density at radius 3 is 1.09 bits per heavy atom. The number of amides is 8. The summed E-state index contributed by atoms with van der Waals surface area (Å²) in [7, 11) is 3.38. The molecule has 8 amide bonds. The number of hydrogen-bond acceptors (Lipinski definition) is 10. The molecule has 8 N–H and O–H groups in total. The number of benzene rings is 6. The molecule has 18 nitrogen and oxygen atoms in total. The minimum Gasteiger partial charge on any atom is -0.347 e. The van der Waals surface area contributed by atoms with Crippen LogP contribution in [0.3, 0.4) is 0 Å². The normalized spacial score (nSPS) is 21.2. The lowest BCUT2D eigenvalue weighted by atomic mass is 9.83. The van der Waals surface area contributed by atoms with E-state index in [-0.39, 0.29) is 73.2 Å². The molecule has 4 aliphatic carbocycles. The summed E-state index contributed by atoms with van der Waals surface area (Å²) >= 11 is 0. The van der Waals surface area contributed by atoms with Crippen LogP contribution < -0.4 is 42.5 Å². The third-order valence-electron chi connectivity index (χ3n) is 20.1. The van der Waals surface area contributed by atoms with E-state index in [4.69, 9.17) is 0 Å². The molecular weight excluding hydrogens is 1130 g/mol. The third-order valence-corrected chi connectivity index (χ3v) is 20.1. The molecule has 4 fully saturated rings. The summed E-state index contributed by atoms with van der Waals surface area (Å²) in [6.07, 6.45) is 9.10. The minimum atomic E-state index is -0.962. The number of likely N-dealkylation sites (tertiary alicyclic amines) is 2. The monoisotopic (exact) mass is 1210 g/mol. The van der Waals surface area contributed by atoms with Gasteiger partial charge in [-0.05, 0) is 158 Å². The number of likely N-dealkylation sites (N-methyl/N-ethyl adjacent to an activating group) is 2. The van der Waals surface area contributed by atoms with Gasteiger partial charge in [-0.3, -0.25) is 38.4 Å². The molecule has 6 aliphatic rings. The van der Waals surface area contributed by atoms with Crippen molar-refractivity contribution >= 4 is 58.0 Å². The fraction of sp³-hybridized carbons (Fsp3) is 0.417. The van der Waals surface area contributed by atoms with E-state index in [9.17, 15) is 28.8 Å². The molecule has 0 aromatic heterocycles. The van der Waals surface area contributed by atoms with Crippen molar-refractivity contribution in [2.45, 2.75) is 151 Å². The van der Waals surface area contributed by atoms with Crippen LogP contribution in [-0.2, 0) is 28.8 Å². The molecule has 6 aromatic rings. The average molecular weight is 1220 g/mol. The highest BCUT2D eigenvalue weighted by Crippen LogP contribution is 2.45. The first kappa shape index (κ1) is 61.5. The highest BCUT2D eigenvalue weighted by Gasteiger charge is 2.48. The summed E-state index contributed by atoms with van der Waals surface area (Å²) in [5.74, 6) is -3.08. The molecule has 6 aromatic carbocycles. The van der Waals surface area contributed by atoms with Crippen molar-refractivity contribution in [2.75, 3.05) is 27.2 Å². The SMILES string of the molecule is CN[C@@H](C)C(=O)N[C@H](C(=O)N1C[C@@H](NC(=O)c2ccc3cc(C(=O)N[C@H]4C[C@@H](C(=O)NC5c6ccccc6-c6ccccc65)N(C(=O)[C@@H](NC(=O)[C@H](C)NC)C5CCCCC5)C4)ccc3c2)C[C@H]1C(=O)NC1c2ccccc2-c2ccccc21)C1CCCCC1. The highest BCUT2D eigenvalue weighted by molar-refractivity contribution is 6.03. The Morgan fingerprint density at radius 2 is 0.756 bits per heavy atom. The van der Waals surface area contributed by atoms with Gasteiger partial charge in [-0.25, -0.2) is 0 Å². The van der Waals surface area contributed by atoms with E-state index in [0.29, 0.717) is 21.9 Å². The number of hydrogen-bond donors (Lipinski definition) is 8. The van der Waals surface area contributed by atoms with E-state index in [2.05, 4.69) is 42.5 Å². The summed E-state index contributed by atoms with van der Waals surface area (Å²) < 4.78 is 0. The Labute approximate surface area is 525 Å². The Kier molecular flexibility index (Phi) is 18.3. The Bertz CT molecular complexity index is 3420. The predicted octanol–water partition coefficient (Wildman–Crippen LogP) is 7.36. The number of rotatable bonds is 18. The zero-order valence-electron chi connectivity index (χ0n) is 51.7. The number of fused-ring (bicyclic) bond motifs is 7. The van der Waals surface area contributed by atoms with Crippen LogP contribution in [0.2, 0.25) is 0 Å². The van der Waals surface area contributed by atoms with Gasteiger partial charge >= 0.3 is 0 Å². The summed E-state index contributed by atoms with van der Waals surface area (Å²) in [6.45, 7) is 3.57. The minimum absolute atomic E-state index is 0.0444. The molecule has 2 aliphatic heterocycles. The van der Waals surface area contributed by atoms with Crippen molar-refractivity contribution in [3.05, 3.63) is 167 Å². The van der Waals surface area contributed by atoms with Crippen molar-refractivity contribution in [3.63, 3.8) is 0 Å². The number of nitrogens with zero attached hydrogens (tertiary/aromatic N) is 2. The van der Waals surface area contributed by atoms with Gasteiger partial charge in [-0.2, -0.15) is 0 Å². The highest BCUT2D eigenvalue weighted by atomic mass is 16.2. The molecule has 2 saturated carbocycles. The van der Waals surface area contributed by atoms with Gasteiger partial charge in [0.25, 0.3) is 11.8 Å². The molecule has 8 atom stereocenters. The second-order valence-electron chi connectivity index (χ2n) is 25.6. The summed E-state index contributed by atoms with van der Waals surface area (Å²) in [4.78, 5) is 119. The number of nitrogens with one attached hydrogen (secondary N) is 8. The van der Waals surface area contributed by atoms with E-state index in [0.717, 1.165) is 109 Å². The van der Waals surface area contributed by atoms with Crippen LogP contribution in [0, 0.1) is 11.8 Å². The van der Waals surface area contributed by atoms with Crippen LogP contribution in [0.25, 0.3) is 33.0 Å². The van der Waals surface area contributed by atoms with Crippen LogP contribution in [0.4, 0.5) is 0 Å². The Balaban J connectivity index is 0.763. The number of carbonyl (C=O) groups excluding carboxylic acids is 8. The smallest absolute Gasteiger partial charge is 0.251 e. The van der Waals surface area contributed by atoms with Gasteiger partial charge < -0.3 is 52.3 Å². The zero-order valence-corrected chi connectivity index (χ0v) is 51.7. The lowest BCUT2D eigenvalue weighted by molar-refractivity contribution is -0.143. The summed E-state index contributed by atoms with van der Waals surface area (Å²) in [5, 5.41) is 26.4. The van der Waals surface area contributed by atoms with Crippen molar-refractivity contribution < 1.29 is 38.4 Å². The predicted molar refractivity (Wildman–Crippen MR) is 344 cm³/mol. The van der Waals surface area contributed by atoms with Crippen molar-refractivity contribution in [3.8, 4) is 22.3 Å². The molecule has 0 spiro atoms. The van der Waals surface area contributed by atoms with E-state index in [1.807, 2.05) is 97.1 Å². The first-order valence-corrected chi connectivity index (χ1v) is 32.4. The maximum absolute atomic E-state index is 15.1. The Morgan fingerprint density at radius 1 is 0.422 bits per heavy atom. The summed E-state index contributed by atoms with van der Waals surface area (Å²) in [5.41, 5.74) is 8.60. The molecule has 12 rings (SSSR count). The van der Waals surface area contributed by atoms with Crippen molar-refractivity contribution in [1.29, 1.82) is 0 Å². The van der Waals surface area contributed by atoms with Crippen LogP contribution in [-0.4, -0.2) is 133 Å². The molecule has 0 radical (unpaired) electrons. The summed E-state index contributed by atoms with van der Waals surface area (Å²) in [6, 6.07) is 35.3. The molecule has 468 valence electrons. The van der Waals surface area contributed by atoms with Gasteiger partial charge in [0.15, 0.2) is 0 Å². The van der Waals surface area contributed by atoms with E-state index >= 15 is 9.59 Å². The second kappa shape index (κ2) is 26.8. The van der Waals surface area contributed by atoms with Gasteiger partial charge in [0.05, 0.1) is 24.2 Å². The van der Waals surface area contributed by atoms with Gasteiger partial charge in [0.2, 0.25) is 35.4 Å². The van der Waals surface area contributed by atoms with Crippen LogP contribution in [0.5, 0.6) is 0 Å². The zero-order chi connectivity index (χ0) is 62.7. The largest absolute Gasteiger partial charge is 0.347 e. The standard InChI is InChI=1S/C72H82N10O8/c1-41(73-3)65(83)77-61(43-19-7-5-8-20-43)71(89)81-39-49(37-59(81)69(87)79-63-55-27-15-11-23-51(55)52-24-12-16-28-56(52)63)75-67(85)47-33-31-46-36-48(34-32-45(46)35-47)68(86)76-50-38-60(70(88)80-64-57-29-17-13-25-53(57)54-26-14-18-30-58(54)64)82(40-50)72(90)62(44-21-9-6-10-22-44)78-66(84)42(2)74-4/h11-18,23-36,41-44,49-50,59-64,73-74H,5-10,19-22,37-40H2,1-4H3,(H,75,85)(H,76,86)(H,77,83)(H,78,84)(H,79,87)(H,80,88)/t41-,42-,49-,50-,59-,60-,61-,62-/m0/s1. The average Bonchev–Trinajstić information content (AvgIpc) is 1.73. The van der Waals surface area contributed by atoms with Gasteiger partial charge in [0, 0.05) is 36.3 Å². The van der Waals surface area contributed by atoms with E-state index in [1.165, 1.54) is 0 Å². The third kappa shape index (κ3) is 12.5. The molecule has 0 unspecified atom stereocenters. The van der Waals surface area contributed by atoms with E-state index < -0.39 is 72.2 Å². The van der Waals surface area contributed by atoms with Gasteiger partial charge in [0.1, 0.15) is 24.2 Å². The molecule has 2 heterocycles. The number of carbonyl (C=O) groups is 8. The quantitative estimate of drug-likeness (QED) is 0.0426. The maximum atomic E-state index is 15.1. The molecular formula is C72H82N10O8. The molecule has 0 bridgehead atoms. The van der Waals surface area contributed by atoms with Crippen LogP contribution in [0.1, 0.15) is 146 Å². The first-order valence-electron chi connectivity index (χ1n) is 32.4. The lowest BCUT2D eigenvalue weighted by Crippen LogP contribution is -2.58. The van der Waals surface area contributed by atoms with Gasteiger partial charge in [-0.15, -0.1) is 0 Å².